The first-order valence-corrected chi connectivity index (χ1v) is 26.2. The van der Waals surface area contributed by atoms with E-state index in [1.54, 1.807) is 0 Å². The summed E-state index contributed by atoms with van der Waals surface area (Å²) in [5, 5.41) is 8.90. The van der Waals surface area contributed by atoms with Gasteiger partial charge in [-0.15, -0.1) is 0 Å². The fourth-order valence-electron chi connectivity index (χ4n) is 7.14. The highest BCUT2D eigenvalue weighted by Crippen LogP contribution is 2.43. The topological polar surface area (TPSA) is 172 Å². The Labute approximate surface area is 367 Å². The van der Waals surface area contributed by atoms with Gasteiger partial charge in [0.1, 0.15) is 12.6 Å². The summed E-state index contributed by atoms with van der Waals surface area (Å²) in [6.07, 6.45) is 45.8. The number of carbonyl (C=O) groups is 3. The van der Waals surface area contributed by atoms with E-state index < -0.39 is 51.1 Å². The standard InChI is InChI=1S/C48H92NO10P/c1-3-5-7-9-11-13-15-17-19-20-21-22-23-24-26-27-29-31-33-35-37-39-46(50)56-41-44(42-57-60(54,55)58-43-45(49)48(52)53)59-47(51)40-38-36-34-32-30-28-25-18-16-14-12-10-8-6-4-2/h34,36,44-45H,3-33,35,37-43,49H2,1-2H3,(H,52,53)(H,54,55)/b36-34+/t44-,45-/m0/s1. The van der Waals surface area contributed by atoms with Crippen LogP contribution < -0.4 is 5.73 Å². The number of carboxylic acids is 1. The summed E-state index contributed by atoms with van der Waals surface area (Å²) in [5.41, 5.74) is 5.34. The maximum absolute atomic E-state index is 12.6. The summed E-state index contributed by atoms with van der Waals surface area (Å²) >= 11 is 0. The summed E-state index contributed by atoms with van der Waals surface area (Å²) in [7, 11) is -4.72. The predicted octanol–water partition coefficient (Wildman–Crippen LogP) is 13.6. The number of ether oxygens (including phenoxy) is 2. The number of carbonyl (C=O) groups excluding carboxylic acids is 2. The Morgan fingerprint density at radius 3 is 1.28 bits per heavy atom. The van der Waals surface area contributed by atoms with Crippen LogP contribution in [0.2, 0.25) is 0 Å². The molecule has 0 aliphatic carbocycles. The Bertz CT molecular complexity index is 1070. The number of esters is 2. The second-order valence-corrected chi connectivity index (χ2v) is 18.4. The number of rotatable bonds is 47. The van der Waals surface area contributed by atoms with E-state index >= 15 is 0 Å². The van der Waals surface area contributed by atoms with Gasteiger partial charge in [-0.1, -0.05) is 219 Å². The summed E-state index contributed by atoms with van der Waals surface area (Å²) in [5.74, 6) is -2.42. The van der Waals surface area contributed by atoms with E-state index in [4.69, 9.17) is 24.8 Å². The van der Waals surface area contributed by atoms with Crippen LogP contribution in [0.4, 0.5) is 0 Å². The van der Waals surface area contributed by atoms with Crippen molar-refractivity contribution in [3.63, 3.8) is 0 Å². The van der Waals surface area contributed by atoms with Crippen molar-refractivity contribution in [3.8, 4) is 0 Å². The average Bonchev–Trinajstić information content (AvgIpc) is 3.22. The van der Waals surface area contributed by atoms with Crippen molar-refractivity contribution in [3.05, 3.63) is 12.2 Å². The first-order chi connectivity index (χ1) is 29.1. The van der Waals surface area contributed by atoms with Gasteiger partial charge < -0.3 is 25.2 Å². The van der Waals surface area contributed by atoms with Gasteiger partial charge in [0.05, 0.1) is 13.2 Å². The van der Waals surface area contributed by atoms with Crippen molar-refractivity contribution in [1.82, 2.24) is 0 Å². The van der Waals surface area contributed by atoms with Crippen LogP contribution in [0.3, 0.4) is 0 Å². The van der Waals surface area contributed by atoms with E-state index in [9.17, 15) is 23.8 Å². The minimum atomic E-state index is -4.72. The molecule has 3 atom stereocenters. The van der Waals surface area contributed by atoms with E-state index in [-0.39, 0.29) is 19.4 Å². The van der Waals surface area contributed by atoms with E-state index in [0.717, 1.165) is 32.1 Å². The Morgan fingerprint density at radius 1 is 0.500 bits per heavy atom. The molecule has 1 unspecified atom stereocenters. The van der Waals surface area contributed by atoms with Gasteiger partial charge in [0, 0.05) is 12.8 Å². The summed E-state index contributed by atoms with van der Waals surface area (Å²) in [6.45, 7) is 2.81. The Kier molecular flexibility index (Phi) is 42.6. The molecule has 4 N–H and O–H groups in total. The molecule has 0 saturated heterocycles. The Balaban J connectivity index is 4.23. The molecule has 0 saturated carbocycles. The second-order valence-electron chi connectivity index (χ2n) is 17.0. The molecule has 0 heterocycles. The molecule has 0 fully saturated rings. The molecule has 0 spiro atoms. The molecule has 0 amide bonds. The molecule has 0 bridgehead atoms. The second kappa shape index (κ2) is 43.9. The first kappa shape index (κ1) is 58.2. The number of aliphatic carboxylic acids is 1. The molecule has 0 aromatic heterocycles. The molecule has 0 aromatic rings. The van der Waals surface area contributed by atoms with Gasteiger partial charge in [-0.25, -0.2) is 4.57 Å². The monoisotopic (exact) mass is 874 g/mol. The zero-order chi connectivity index (χ0) is 44.2. The van der Waals surface area contributed by atoms with Crippen LogP contribution in [0.5, 0.6) is 0 Å². The zero-order valence-electron chi connectivity index (χ0n) is 38.6. The zero-order valence-corrected chi connectivity index (χ0v) is 39.5. The first-order valence-electron chi connectivity index (χ1n) is 24.7. The number of allylic oxidation sites excluding steroid dienone is 2. The molecular formula is C48H92NO10P. The summed E-state index contributed by atoms with van der Waals surface area (Å²) in [6, 6.07) is -1.52. The molecular weight excluding hydrogens is 781 g/mol. The number of carboxylic acid groups (broad SMARTS) is 1. The van der Waals surface area contributed by atoms with Crippen LogP contribution >= 0.6 is 7.82 Å². The van der Waals surface area contributed by atoms with E-state index in [2.05, 4.69) is 24.4 Å². The number of hydrogen-bond acceptors (Lipinski definition) is 9. The molecule has 0 rings (SSSR count). The number of unbranched alkanes of at least 4 members (excludes halogenated alkanes) is 31. The van der Waals surface area contributed by atoms with E-state index in [1.807, 2.05) is 6.08 Å². The van der Waals surface area contributed by atoms with Crippen LogP contribution in [-0.2, 0) is 37.5 Å². The molecule has 60 heavy (non-hydrogen) atoms. The molecule has 354 valence electrons. The quantitative estimate of drug-likeness (QED) is 0.0230. The average molecular weight is 874 g/mol. The third kappa shape index (κ3) is 42.9. The number of phosphoric acid groups is 1. The van der Waals surface area contributed by atoms with Crippen molar-refractivity contribution in [1.29, 1.82) is 0 Å². The normalized spacial score (nSPS) is 13.7. The fourth-order valence-corrected chi connectivity index (χ4v) is 7.92. The maximum atomic E-state index is 12.6. The molecule has 12 heteroatoms. The van der Waals surface area contributed by atoms with E-state index in [0.29, 0.717) is 12.8 Å². The predicted molar refractivity (Wildman–Crippen MR) is 245 cm³/mol. The van der Waals surface area contributed by atoms with Crippen LogP contribution in [0.1, 0.15) is 245 Å². The SMILES string of the molecule is CCCCCCCCCCCCC/C=C/CCC(=O)O[C@@H](COC(=O)CCCCCCCCCCCCCCCCCCCCCCC)COP(=O)(O)OC[C@H](N)C(=O)O. The van der Waals surface area contributed by atoms with Gasteiger partial charge >= 0.3 is 25.7 Å². The van der Waals surface area contributed by atoms with Crippen molar-refractivity contribution < 1.29 is 47.5 Å². The molecule has 11 nitrogen and oxygen atoms in total. The Morgan fingerprint density at radius 2 is 0.867 bits per heavy atom. The van der Waals surface area contributed by atoms with Crippen molar-refractivity contribution in [2.45, 2.75) is 257 Å². The number of phosphoric ester groups is 1. The van der Waals surface area contributed by atoms with Gasteiger partial charge in [0.2, 0.25) is 0 Å². The lowest BCUT2D eigenvalue weighted by molar-refractivity contribution is -0.161. The summed E-state index contributed by atoms with van der Waals surface area (Å²) in [4.78, 5) is 46.0. The van der Waals surface area contributed by atoms with Crippen LogP contribution in [0.25, 0.3) is 0 Å². The highest BCUT2D eigenvalue weighted by atomic mass is 31.2. The van der Waals surface area contributed by atoms with Crippen LogP contribution in [-0.4, -0.2) is 59.9 Å². The van der Waals surface area contributed by atoms with Crippen molar-refractivity contribution in [2.24, 2.45) is 5.73 Å². The van der Waals surface area contributed by atoms with Gasteiger partial charge in [-0.3, -0.25) is 23.4 Å². The fraction of sp³-hybridized carbons (Fsp3) is 0.896. The minimum Gasteiger partial charge on any atom is -0.480 e. The van der Waals surface area contributed by atoms with Gasteiger partial charge in [0.25, 0.3) is 0 Å². The molecule has 0 radical (unpaired) electrons. The highest BCUT2D eigenvalue weighted by Gasteiger charge is 2.28. The smallest absolute Gasteiger partial charge is 0.472 e. The maximum Gasteiger partial charge on any atom is 0.472 e. The summed E-state index contributed by atoms with van der Waals surface area (Å²) < 4.78 is 32.7. The van der Waals surface area contributed by atoms with Crippen LogP contribution in [0, 0.1) is 0 Å². The lowest BCUT2D eigenvalue weighted by Crippen LogP contribution is -2.34. The van der Waals surface area contributed by atoms with Gasteiger partial charge in [0.15, 0.2) is 6.10 Å². The largest absolute Gasteiger partial charge is 0.480 e. The third-order valence-electron chi connectivity index (χ3n) is 11.0. The molecule has 0 aliphatic rings. The van der Waals surface area contributed by atoms with Crippen LogP contribution in [0.15, 0.2) is 12.2 Å². The molecule has 0 aromatic carbocycles. The lowest BCUT2D eigenvalue weighted by Gasteiger charge is -2.20. The minimum absolute atomic E-state index is 0.0827. The third-order valence-corrected chi connectivity index (χ3v) is 12.0. The van der Waals surface area contributed by atoms with Crippen molar-refractivity contribution in [2.75, 3.05) is 19.8 Å². The lowest BCUT2D eigenvalue weighted by atomic mass is 10.0. The number of nitrogens with two attached hydrogens (primary N) is 1. The molecule has 0 aliphatic heterocycles. The highest BCUT2D eigenvalue weighted by molar-refractivity contribution is 7.47. The van der Waals surface area contributed by atoms with E-state index in [1.165, 1.54) is 173 Å². The van der Waals surface area contributed by atoms with Crippen molar-refractivity contribution >= 4 is 25.7 Å². The van der Waals surface area contributed by atoms with Gasteiger partial charge in [-0.05, 0) is 25.7 Å². The number of hydrogen-bond donors (Lipinski definition) is 3. The Hall–Kier alpha value is -1.78. The van der Waals surface area contributed by atoms with Gasteiger partial charge in [-0.2, -0.15) is 0 Å².